The number of rotatable bonds is 4. The molecule has 0 amide bonds. The SMILES string of the molecule is COS(=O)(=O)[O-].COc1ccc(-c2cc(OC)c3cc(C)ccc3[o+]2)cc1. The van der Waals surface area contributed by atoms with Gasteiger partial charge in [0.15, 0.2) is 0 Å². The molecule has 8 heteroatoms. The molecular formula is C19H20O7S. The molecule has 0 spiro atoms. The maximum absolute atomic E-state index is 9.22. The van der Waals surface area contributed by atoms with E-state index in [-0.39, 0.29) is 0 Å². The quantitative estimate of drug-likeness (QED) is 0.378. The molecule has 7 nitrogen and oxygen atoms in total. The van der Waals surface area contributed by atoms with Crippen molar-refractivity contribution >= 4 is 21.4 Å². The molecule has 3 rings (SSSR count). The van der Waals surface area contributed by atoms with E-state index in [1.165, 1.54) is 5.56 Å². The molecule has 0 unspecified atom stereocenters. The van der Waals surface area contributed by atoms with Gasteiger partial charge in [-0.2, -0.15) is 0 Å². The number of ether oxygens (including phenoxy) is 2. The Morgan fingerprint density at radius 1 is 0.926 bits per heavy atom. The maximum Gasteiger partial charge on any atom is 0.364 e. The topological polar surface area (TPSA) is 96.2 Å². The Labute approximate surface area is 158 Å². The summed E-state index contributed by atoms with van der Waals surface area (Å²) in [4.78, 5) is 0. The number of benzene rings is 2. The number of hydrogen-bond acceptors (Lipinski definition) is 6. The lowest BCUT2D eigenvalue weighted by Crippen LogP contribution is -1.97. The molecule has 3 aromatic rings. The van der Waals surface area contributed by atoms with Gasteiger partial charge in [-0.3, -0.25) is 4.18 Å². The zero-order valence-corrected chi connectivity index (χ0v) is 16.2. The molecule has 1 heterocycles. The van der Waals surface area contributed by atoms with Crippen molar-refractivity contribution in [3.63, 3.8) is 0 Å². The summed E-state index contributed by atoms with van der Waals surface area (Å²) in [6.07, 6.45) is 0. The molecule has 0 bridgehead atoms. The molecule has 0 radical (unpaired) electrons. The van der Waals surface area contributed by atoms with Crippen molar-refractivity contribution in [3.05, 3.63) is 54.1 Å². The van der Waals surface area contributed by atoms with Crippen LogP contribution >= 0.6 is 0 Å². The number of methoxy groups -OCH3 is 2. The molecule has 0 fully saturated rings. The summed E-state index contributed by atoms with van der Waals surface area (Å²) in [6, 6.07) is 15.8. The first-order valence-corrected chi connectivity index (χ1v) is 9.18. The Morgan fingerprint density at radius 2 is 1.56 bits per heavy atom. The molecule has 1 aromatic heterocycles. The van der Waals surface area contributed by atoms with E-state index in [2.05, 4.69) is 17.2 Å². The van der Waals surface area contributed by atoms with Gasteiger partial charge in [-0.1, -0.05) is 0 Å². The van der Waals surface area contributed by atoms with Gasteiger partial charge < -0.3 is 14.0 Å². The predicted molar refractivity (Wildman–Crippen MR) is 101 cm³/mol. The lowest BCUT2D eigenvalue weighted by Gasteiger charge is -2.03. The zero-order chi connectivity index (χ0) is 20.0. The largest absolute Gasteiger partial charge is 0.726 e. The third kappa shape index (κ3) is 5.65. The second kappa shape index (κ2) is 8.81. The minimum absolute atomic E-state index is 0.769. The smallest absolute Gasteiger partial charge is 0.364 e. The standard InChI is InChI=1S/C18H17O3.CH4O4S/c1-12-4-9-16-15(10-12)18(20-3)11-17(21-16)13-5-7-14(19-2)8-6-13;1-5-6(2,3)4/h4-11H,1-3H3;1H3,(H,2,3,4)/q+1;/p-1. The first-order valence-electron chi connectivity index (χ1n) is 7.84. The summed E-state index contributed by atoms with van der Waals surface area (Å²) in [5.41, 5.74) is 2.97. The van der Waals surface area contributed by atoms with Gasteiger partial charge in [-0.15, -0.1) is 0 Å². The Hall–Kier alpha value is -2.68. The third-order valence-electron chi connectivity index (χ3n) is 3.68. The Balaban J connectivity index is 0.000000380. The van der Waals surface area contributed by atoms with Gasteiger partial charge >= 0.3 is 11.3 Å². The first-order chi connectivity index (χ1) is 12.8. The highest BCUT2D eigenvalue weighted by atomic mass is 32.3. The van der Waals surface area contributed by atoms with Crippen LogP contribution in [-0.4, -0.2) is 34.3 Å². The Morgan fingerprint density at radius 3 is 2.07 bits per heavy atom. The third-order valence-corrected chi connectivity index (χ3v) is 4.09. The minimum atomic E-state index is -4.41. The molecule has 0 saturated carbocycles. The molecule has 0 aliphatic rings. The van der Waals surface area contributed by atoms with Crippen molar-refractivity contribution in [2.24, 2.45) is 0 Å². The molecule has 0 aliphatic heterocycles. The summed E-state index contributed by atoms with van der Waals surface area (Å²) in [5.74, 6) is 2.40. The summed E-state index contributed by atoms with van der Waals surface area (Å²) < 4.78 is 47.7. The highest BCUT2D eigenvalue weighted by Gasteiger charge is 2.19. The van der Waals surface area contributed by atoms with Crippen LogP contribution in [0.2, 0.25) is 0 Å². The van der Waals surface area contributed by atoms with Crippen LogP contribution in [0.15, 0.2) is 52.9 Å². The van der Waals surface area contributed by atoms with Crippen molar-refractivity contribution in [1.29, 1.82) is 0 Å². The second-order valence-electron chi connectivity index (χ2n) is 5.48. The predicted octanol–water partition coefficient (Wildman–Crippen LogP) is 3.80. The van der Waals surface area contributed by atoms with Gasteiger partial charge in [0.2, 0.25) is 10.4 Å². The van der Waals surface area contributed by atoms with Crippen LogP contribution < -0.4 is 9.47 Å². The monoisotopic (exact) mass is 392 g/mol. The molecule has 144 valence electrons. The molecule has 0 N–H and O–H groups in total. The lowest BCUT2D eigenvalue weighted by molar-refractivity contribution is 0.314. The van der Waals surface area contributed by atoms with Crippen LogP contribution in [0.5, 0.6) is 11.5 Å². The Bertz CT molecular complexity index is 1010. The van der Waals surface area contributed by atoms with E-state index in [0.717, 1.165) is 40.9 Å². The van der Waals surface area contributed by atoms with Crippen molar-refractivity contribution in [2.75, 3.05) is 21.3 Å². The first kappa shape index (κ1) is 20.6. The zero-order valence-electron chi connectivity index (χ0n) is 15.4. The van der Waals surface area contributed by atoms with Gasteiger partial charge in [0.25, 0.3) is 0 Å². The summed E-state index contributed by atoms with van der Waals surface area (Å²) in [7, 11) is -0.275. The highest BCUT2D eigenvalue weighted by Crippen LogP contribution is 2.33. The lowest BCUT2D eigenvalue weighted by atomic mass is 10.1. The average molecular weight is 392 g/mol. The van der Waals surface area contributed by atoms with Crippen molar-refractivity contribution in [3.8, 4) is 22.8 Å². The van der Waals surface area contributed by atoms with Gasteiger partial charge in [-0.05, 0) is 48.9 Å². The molecule has 0 atom stereocenters. The summed E-state index contributed by atoms with van der Waals surface area (Å²) in [5, 5.41) is 0.981. The van der Waals surface area contributed by atoms with Crippen LogP contribution in [0.3, 0.4) is 0 Å². The van der Waals surface area contributed by atoms with E-state index in [9.17, 15) is 13.0 Å². The average Bonchev–Trinajstić information content (AvgIpc) is 2.67. The normalized spacial score (nSPS) is 10.9. The number of hydrogen-bond donors (Lipinski definition) is 0. The maximum atomic E-state index is 9.22. The number of fused-ring (bicyclic) bond motifs is 1. The van der Waals surface area contributed by atoms with E-state index in [4.69, 9.17) is 13.9 Å². The summed E-state index contributed by atoms with van der Waals surface area (Å²) >= 11 is 0. The van der Waals surface area contributed by atoms with Crippen molar-refractivity contribution in [1.82, 2.24) is 0 Å². The molecule has 0 saturated heterocycles. The van der Waals surface area contributed by atoms with E-state index in [0.29, 0.717) is 0 Å². The van der Waals surface area contributed by atoms with Crippen LogP contribution in [0.4, 0.5) is 0 Å². The van der Waals surface area contributed by atoms with Crippen LogP contribution in [0.1, 0.15) is 5.56 Å². The van der Waals surface area contributed by atoms with Gasteiger partial charge in [0, 0.05) is 6.07 Å². The van der Waals surface area contributed by atoms with Gasteiger partial charge in [0.1, 0.15) is 16.9 Å². The fraction of sp³-hybridized carbons (Fsp3) is 0.211. The van der Waals surface area contributed by atoms with E-state index in [1.807, 2.05) is 42.5 Å². The number of aryl methyl sites for hydroxylation is 1. The Kier molecular flexibility index (Phi) is 6.73. The van der Waals surface area contributed by atoms with Crippen molar-refractivity contribution in [2.45, 2.75) is 6.92 Å². The fourth-order valence-electron chi connectivity index (χ4n) is 2.34. The minimum Gasteiger partial charge on any atom is -0.726 e. The molecular weight excluding hydrogens is 372 g/mol. The van der Waals surface area contributed by atoms with E-state index >= 15 is 0 Å². The second-order valence-corrected chi connectivity index (χ2v) is 6.63. The fourth-order valence-corrected chi connectivity index (χ4v) is 2.34. The van der Waals surface area contributed by atoms with Crippen LogP contribution in [0, 0.1) is 6.92 Å². The highest BCUT2D eigenvalue weighted by molar-refractivity contribution is 7.80. The van der Waals surface area contributed by atoms with Crippen LogP contribution in [0.25, 0.3) is 22.3 Å². The van der Waals surface area contributed by atoms with E-state index < -0.39 is 10.4 Å². The molecule has 0 aliphatic carbocycles. The van der Waals surface area contributed by atoms with Crippen molar-refractivity contribution < 1.29 is 31.0 Å². The van der Waals surface area contributed by atoms with E-state index in [1.54, 1.807) is 14.2 Å². The van der Waals surface area contributed by atoms with Crippen LogP contribution in [-0.2, 0) is 14.6 Å². The molecule has 2 aromatic carbocycles. The van der Waals surface area contributed by atoms with Gasteiger partial charge in [-0.25, -0.2) is 12.8 Å². The summed E-state index contributed by atoms with van der Waals surface area (Å²) in [6.45, 7) is 2.05. The molecule has 27 heavy (non-hydrogen) atoms. The van der Waals surface area contributed by atoms with Gasteiger partial charge in [0.05, 0.1) is 33.0 Å².